The Kier molecular flexibility index (Phi) is 6.26. The predicted octanol–water partition coefficient (Wildman–Crippen LogP) is 3.86. The van der Waals surface area contributed by atoms with Gasteiger partial charge in [0.15, 0.2) is 17.3 Å². The highest BCUT2D eigenvalue weighted by atomic mass is 16.5. The van der Waals surface area contributed by atoms with Gasteiger partial charge in [0, 0.05) is 6.42 Å². The molecule has 0 spiro atoms. The van der Waals surface area contributed by atoms with Gasteiger partial charge < -0.3 is 9.47 Å². The van der Waals surface area contributed by atoms with Crippen LogP contribution in [-0.2, 0) is 0 Å². The fourth-order valence-electron chi connectivity index (χ4n) is 1.77. The van der Waals surface area contributed by atoms with Gasteiger partial charge in [0.1, 0.15) is 0 Å². The summed E-state index contributed by atoms with van der Waals surface area (Å²) < 4.78 is 11.1. The summed E-state index contributed by atoms with van der Waals surface area (Å²) in [6.07, 6.45) is 2.48. The van der Waals surface area contributed by atoms with Crippen molar-refractivity contribution in [2.45, 2.75) is 40.0 Å². The first-order valence-electron chi connectivity index (χ1n) is 6.66. The van der Waals surface area contributed by atoms with Crippen LogP contribution in [0.1, 0.15) is 50.4 Å². The van der Waals surface area contributed by atoms with Crippen LogP contribution in [0, 0.1) is 0 Å². The smallest absolute Gasteiger partial charge is 0.171 e. The Hall–Kier alpha value is -1.51. The minimum Gasteiger partial charge on any atom is -0.490 e. The lowest BCUT2D eigenvalue weighted by molar-refractivity contribution is 0.0975. The molecular formula is C15H22O3. The van der Waals surface area contributed by atoms with Crippen LogP contribution < -0.4 is 9.47 Å². The van der Waals surface area contributed by atoms with Crippen molar-refractivity contribution in [3.63, 3.8) is 0 Å². The van der Waals surface area contributed by atoms with Gasteiger partial charge in [-0.3, -0.25) is 4.79 Å². The molecule has 0 bridgehead atoms. The molecule has 18 heavy (non-hydrogen) atoms. The zero-order valence-corrected chi connectivity index (χ0v) is 11.5. The number of rotatable bonds is 8. The first kappa shape index (κ1) is 14.6. The number of ether oxygens (including phenoxy) is 2. The monoisotopic (exact) mass is 250 g/mol. The average Bonchev–Trinajstić information content (AvgIpc) is 2.38. The lowest BCUT2D eigenvalue weighted by Gasteiger charge is -2.14. The summed E-state index contributed by atoms with van der Waals surface area (Å²) in [4.78, 5) is 12.1. The third-order valence-corrected chi connectivity index (χ3v) is 2.63. The number of unbranched alkanes of at least 4 members (excludes halogenated alkanes) is 1. The van der Waals surface area contributed by atoms with Crippen LogP contribution in [0.25, 0.3) is 0 Å². The Morgan fingerprint density at radius 3 is 2.44 bits per heavy atom. The van der Waals surface area contributed by atoms with Crippen LogP contribution >= 0.6 is 0 Å². The summed E-state index contributed by atoms with van der Waals surface area (Å²) in [5.74, 6) is 1.37. The first-order chi connectivity index (χ1) is 8.74. The molecule has 0 aromatic heterocycles. The van der Waals surface area contributed by atoms with Crippen molar-refractivity contribution in [1.82, 2.24) is 0 Å². The van der Waals surface area contributed by atoms with Crippen LogP contribution in [0.3, 0.4) is 0 Å². The Balaban J connectivity index is 3.01. The zero-order valence-electron chi connectivity index (χ0n) is 11.5. The molecule has 0 amide bonds. The Morgan fingerprint density at radius 1 is 1.11 bits per heavy atom. The van der Waals surface area contributed by atoms with Gasteiger partial charge in [0.2, 0.25) is 0 Å². The van der Waals surface area contributed by atoms with E-state index in [4.69, 9.17) is 9.47 Å². The van der Waals surface area contributed by atoms with E-state index in [1.807, 2.05) is 32.0 Å². The van der Waals surface area contributed by atoms with E-state index in [-0.39, 0.29) is 5.78 Å². The van der Waals surface area contributed by atoms with Gasteiger partial charge in [-0.2, -0.15) is 0 Å². The van der Waals surface area contributed by atoms with Crippen molar-refractivity contribution < 1.29 is 14.3 Å². The van der Waals surface area contributed by atoms with E-state index in [2.05, 4.69) is 6.92 Å². The van der Waals surface area contributed by atoms with Crippen molar-refractivity contribution in [2.24, 2.45) is 0 Å². The van der Waals surface area contributed by atoms with Crippen LogP contribution in [0.15, 0.2) is 18.2 Å². The average molecular weight is 250 g/mol. The largest absolute Gasteiger partial charge is 0.490 e. The van der Waals surface area contributed by atoms with Gasteiger partial charge in [-0.1, -0.05) is 19.4 Å². The molecule has 0 saturated carbocycles. The highest BCUT2D eigenvalue weighted by Gasteiger charge is 2.16. The van der Waals surface area contributed by atoms with Crippen molar-refractivity contribution in [2.75, 3.05) is 13.2 Å². The van der Waals surface area contributed by atoms with Crippen LogP contribution in [-0.4, -0.2) is 19.0 Å². The second-order valence-corrected chi connectivity index (χ2v) is 4.03. The molecule has 3 heteroatoms. The molecule has 0 aliphatic heterocycles. The van der Waals surface area contributed by atoms with Crippen molar-refractivity contribution >= 4 is 5.78 Å². The molecule has 0 aliphatic carbocycles. The molecule has 0 fully saturated rings. The topological polar surface area (TPSA) is 35.5 Å². The van der Waals surface area contributed by atoms with E-state index in [1.54, 1.807) is 0 Å². The molecule has 1 aromatic rings. The fraction of sp³-hybridized carbons (Fsp3) is 0.533. The predicted molar refractivity (Wildman–Crippen MR) is 72.6 cm³/mol. The lowest BCUT2D eigenvalue weighted by Crippen LogP contribution is -2.06. The molecule has 0 radical (unpaired) electrons. The van der Waals surface area contributed by atoms with Crippen LogP contribution in [0.5, 0.6) is 11.5 Å². The Morgan fingerprint density at radius 2 is 1.83 bits per heavy atom. The van der Waals surface area contributed by atoms with Crippen molar-refractivity contribution in [1.29, 1.82) is 0 Å². The van der Waals surface area contributed by atoms with E-state index in [0.717, 1.165) is 12.8 Å². The van der Waals surface area contributed by atoms with Gasteiger partial charge >= 0.3 is 0 Å². The summed E-state index contributed by atoms with van der Waals surface area (Å²) >= 11 is 0. The maximum atomic E-state index is 12.1. The zero-order chi connectivity index (χ0) is 13.4. The van der Waals surface area contributed by atoms with E-state index >= 15 is 0 Å². The number of Topliss-reactive ketones (excluding diaryl/α,β-unsaturated/α-hetero) is 1. The Bertz CT molecular complexity index is 385. The number of carbonyl (C=O) groups excluding carboxylic acids is 1. The molecule has 3 nitrogen and oxygen atoms in total. The Labute approximate surface area is 109 Å². The highest BCUT2D eigenvalue weighted by Crippen LogP contribution is 2.32. The molecule has 0 unspecified atom stereocenters. The van der Waals surface area contributed by atoms with Crippen molar-refractivity contribution in [3.05, 3.63) is 23.8 Å². The van der Waals surface area contributed by atoms with E-state index in [0.29, 0.717) is 36.7 Å². The number of benzene rings is 1. The van der Waals surface area contributed by atoms with Crippen LogP contribution in [0.4, 0.5) is 0 Å². The van der Waals surface area contributed by atoms with E-state index in [9.17, 15) is 4.79 Å². The number of carbonyl (C=O) groups is 1. The summed E-state index contributed by atoms with van der Waals surface area (Å²) in [6.45, 7) is 6.99. The normalized spacial score (nSPS) is 10.2. The molecule has 100 valence electrons. The molecule has 0 saturated heterocycles. The van der Waals surface area contributed by atoms with Crippen LogP contribution in [0.2, 0.25) is 0 Å². The minimum atomic E-state index is 0.127. The molecule has 1 rings (SSSR count). The van der Waals surface area contributed by atoms with Gasteiger partial charge in [-0.05, 0) is 32.4 Å². The van der Waals surface area contributed by atoms with Gasteiger partial charge in [0.05, 0.1) is 18.8 Å². The lowest BCUT2D eigenvalue weighted by atomic mass is 10.0. The molecular weight excluding hydrogens is 228 g/mol. The van der Waals surface area contributed by atoms with E-state index in [1.165, 1.54) is 0 Å². The number of para-hydroxylation sites is 1. The maximum absolute atomic E-state index is 12.1. The summed E-state index contributed by atoms with van der Waals surface area (Å²) in [5.41, 5.74) is 0.635. The summed E-state index contributed by atoms with van der Waals surface area (Å²) in [5, 5.41) is 0. The SMILES string of the molecule is CCCCC(=O)c1cccc(OCC)c1OCC. The molecule has 0 heterocycles. The third kappa shape index (κ3) is 3.76. The maximum Gasteiger partial charge on any atom is 0.171 e. The van der Waals surface area contributed by atoms with Gasteiger partial charge in [-0.15, -0.1) is 0 Å². The molecule has 0 N–H and O–H groups in total. The second-order valence-electron chi connectivity index (χ2n) is 4.03. The first-order valence-corrected chi connectivity index (χ1v) is 6.66. The van der Waals surface area contributed by atoms with Gasteiger partial charge in [-0.25, -0.2) is 0 Å². The summed E-state index contributed by atoms with van der Waals surface area (Å²) in [6, 6.07) is 5.49. The van der Waals surface area contributed by atoms with Crippen molar-refractivity contribution in [3.8, 4) is 11.5 Å². The second kappa shape index (κ2) is 7.75. The highest BCUT2D eigenvalue weighted by molar-refractivity contribution is 5.99. The number of hydrogen-bond donors (Lipinski definition) is 0. The molecule has 0 atom stereocenters. The number of hydrogen-bond acceptors (Lipinski definition) is 3. The third-order valence-electron chi connectivity index (χ3n) is 2.63. The number of ketones is 1. The molecule has 0 aliphatic rings. The quantitative estimate of drug-likeness (QED) is 0.657. The van der Waals surface area contributed by atoms with E-state index < -0.39 is 0 Å². The standard InChI is InChI=1S/C15H22O3/c1-4-7-10-13(16)12-9-8-11-14(17-5-2)15(12)18-6-3/h8-9,11H,4-7,10H2,1-3H3. The summed E-state index contributed by atoms with van der Waals surface area (Å²) in [7, 11) is 0. The minimum absolute atomic E-state index is 0.127. The molecule has 1 aromatic carbocycles. The van der Waals surface area contributed by atoms with Gasteiger partial charge in [0.25, 0.3) is 0 Å². The fourth-order valence-corrected chi connectivity index (χ4v) is 1.77.